The van der Waals surface area contributed by atoms with Crippen LogP contribution in [0.4, 0.5) is 0 Å². The molecule has 0 spiro atoms. The number of carbonyl (C=O) groups excluding carboxylic acids is 1. The van der Waals surface area contributed by atoms with E-state index in [1.54, 1.807) is 6.92 Å². The number of hydrogen-bond donors (Lipinski definition) is 2. The Morgan fingerprint density at radius 1 is 1.36 bits per heavy atom. The fourth-order valence-electron chi connectivity index (χ4n) is 1.93. The molecule has 1 aromatic carbocycles. The molecule has 3 rings (SSSR count). The molecule has 2 heterocycles. The summed E-state index contributed by atoms with van der Waals surface area (Å²) in [5.41, 5.74) is 2.93. The van der Waals surface area contributed by atoms with Gasteiger partial charge in [-0.2, -0.15) is 5.21 Å². The van der Waals surface area contributed by atoms with E-state index in [0.717, 1.165) is 11.1 Å². The van der Waals surface area contributed by atoms with Gasteiger partial charge in [0.05, 0.1) is 6.42 Å². The summed E-state index contributed by atoms with van der Waals surface area (Å²) in [6.07, 6.45) is 0.139. The minimum absolute atomic E-state index is 0.139. The summed E-state index contributed by atoms with van der Waals surface area (Å²) in [6.45, 7) is 2.14. The summed E-state index contributed by atoms with van der Waals surface area (Å²) in [4.78, 5) is 11.9. The Kier molecular flexibility index (Phi) is 3.86. The van der Waals surface area contributed by atoms with E-state index < -0.39 is 0 Å². The molecule has 0 fully saturated rings. The SMILES string of the molecule is Cc1nonc1CC(=O)NCc1cccc(-c2nn[nH]n2)c1. The van der Waals surface area contributed by atoms with Gasteiger partial charge in [-0.3, -0.25) is 4.79 Å². The maximum Gasteiger partial charge on any atom is 0.226 e. The Labute approximate surface area is 125 Å². The first kappa shape index (κ1) is 13.9. The third-order valence-corrected chi connectivity index (χ3v) is 3.09. The molecule has 22 heavy (non-hydrogen) atoms. The zero-order valence-corrected chi connectivity index (χ0v) is 11.8. The smallest absolute Gasteiger partial charge is 0.226 e. The number of tetrazole rings is 1. The number of aromatic nitrogens is 6. The van der Waals surface area contributed by atoms with Crippen LogP contribution in [0.5, 0.6) is 0 Å². The molecule has 3 aromatic rings. The van der Waals surface area contributed by atoms with Crippen LogP contribution in [0.15, 0.2) is 28.9 Å². The number of aromatic amines is 1. The molecular formula is C13H13N7O2. The minimum Gasteiger partial charge on any atom is -0.352 e. The average Bonchev–Trinajstić information content (AvgIpc) is 3.18. The standard InChI is InChI=1S/C13H13N7O2/c1-8-11(18-22-17-8)6-12(21)14-7-9-3-2-4-10(5-9)13-15-19-20-16-13/h2-5H,6-7H2,1H3,(H,14,21)(H,15,16,19,20). The summed E-state index contributed by atoms with van der Waals surface area (Å²) in [5, 5.41) is 23.9. The van der Waals surface area contributed by atoms with Crippen LogP contribution in [0.2, 0.25) is 0 Å². The van der Waals surface area contributed by atoms with E-state index in [9.17, 15) is 4.79 Å². The van der Waals surface area contributed by atoms with E-state index >= 15 is 0 Å². The van der Waals surface area contributed by atoms with Crippen LogP contribution < -0.4 is 5.32 Å². The van der Waals surface area contributed by atoms with Gasteiger partial charge in [0.15, 0.2) is 0 Å². The van der Waals surface area contributed by atoms with Crippen LogP contribution in [0.25, 0.3) is 11.4 Å². The highest BCUT2D eigenvalue weighted by Crippen LogP contribution is 2.14. The van der Waals surface area contributed by atoms with E-state index in [2.05, 4.69) is 40.9 Å². The van der Waals surface area contributed by atoms with Gasteiger partial charge in [-0.05, 0) is 23.8 Å². The lowest BCUT2D eigenvalue weighted by Crippen LogP contribution is -2.25. The Hall–Kier alpha value is -3.10. The van der Waals surface area contributed by atoms with E-state index in [-0.39, 0.29) is 12.3 Å². The number of nitrogens with one attached hydrogen (secondary N) is 2. The van der Waals surface area contributed by atoms with Gasteiger partial charge >= 0.3 is 0 Å². The fourth-order valence-corrected chi connectivity index (χ4v) is 1.93. The van der Waals surface area contributed by atoms with E-state index in [4.69, 9.17) is 0 Å². The molecule has 9 heteroatoms. The Bertz CT molecular complexity index is 766. The fraction of sp³-hybridized carbons (Fsp3) is 0.231. The van der Waals surface area contributed by atoms with Crippen molar-refractivity contribution in [1.29, 1.82) is 0 Å². The first-order chi connectivity index (χ1) is 10.7. The molecule has 0 saturated carbocycles. The average molecular weight is 299 g/mol. The lowest BCUT2D eigenvalue weighted by atomic mass is 10.1. The summed E-state index contributed by atoms with van der Waals surface area (Å²) >= 11 is 0. The predicted molar refractivity (Wildman–Crippen MR) is 74.2 cm³/mol. The summed E-state index contributed by atoms with van der Waals surface area (Å²) < 4.78 is 4.56. The highest BCUT2D eigenvalue weighted by atomic mass is 16.6. The van der Waals surface area contributed by atoms with Crippen molar-refractivity contribution in [3.8, 4) is 11.4 Å². The van der Waals surface area contributed by atoms with Crippen molar-refractivity contribution < 1.29 is 9.42 Å². The maximum atomic E-state index is 11.9. The van der Waals surface area contributed by atoms with Crippen LogP contribution in [0.3, 0.4) is 0 Å². The van der Waals surface area contributed by atoms with Gasteiger partial charge in [-0.1, -0.05) is 28.5 Å². The van der Waals surface area contributed by atoms with Gasteiger partial charge in [-0.15, -0.1) is 10.2 Å². The predicted octanol–water partition coefficient (Wildman–Crippen LogP) is 0.417. The Balaban J connectivity index is 1.61. The first-order valence-corrected chi connectivity index (χ1v) is 6.60. The molecule has 112 valence electrons. The molecule has 0 unspecified atom stereocenters. The van der Waals surface area contributed by atoms with Gasteiger partial charge in [0.2, 0.25) is 11.7 Å². The van der Waals surface area contributed by atoms with E-state index in [1.165, 1.54) is 0 Å². The minimum atomic E-state index is -0.149. The van der Waals surface area contributed by atoms with Gasteiger partial charge in [0.1, 0.15) is 11.4 Å². The Morgan fingerprint density at radius 2 is 2.27 bits per heavy atom. The van der Waals surface area contributed by atoms with E-state index in [0.29, 0.717) is 23.8 Å². The number of rotatable bonds is 5. The second-order valence-corrected chi connectivity index (χ2v) is 4.69. The highest BCUT2D eigenvalue weighted by Gasteiger charge is 2.11. The van der Waals surface area contributed by atoms with Crippen LogP contribution in [0.1, 0.15) is 17.0 Å². The lowest BCUT2D eigenvalue weighted by molar-refractivity contribution is -0.120. The molecule has 0 aliphatic carbocycles. The van der Waals surface area contributed by atoms with Gasteiger partial charge in [0.25, 0.3) is 0 Å². The quantitative estimate of drug-likeness (QED) is 0.699. The zero-order valence-electron chi connectivity index (χ0n) is 11.8. The molecule has 1 amide bonds. The van der Waals surface area contributed by atoms with Crippen molar-refractivity contribution in [2.75, 3.05) is 0 Å². The molecule has 0 aliphatic rings. The molecule has 0 saturated heterocycles. The van der Waals surface area contributed by atoms with Gasteiger partial charge in [-0.25, -0.2) is 4.63 Å². The van der Waals surface area contributed by atoms with Crippen molar-refractivity contribution in [1.82, 2.24) is 36.3 Å². The molecular weight excluding hydrogens is 286 g/mol. The largest absolute Gasteiger partial charge is 0.352 e. The third-order valence-electron chi connectivity index (χ3n) is 3.09. The number of nitrogens with zero attached hydrogens (tertiary/aromatic N) is 5. The molecule has 0 atom stereocenters. The van der Waals surface area contributed by atoms with Crippen molar-refractivity contribution in [2.45, 2.75) is 19.9 Å². The van der Waals surface area contributed by atoms with Crippen molar-refractivity contribution in [2.24, 2.45) is 0 Å². The topological polar surface area (TPSA) is 122 Å². The van der Waals surface area contributed by atoms with Gasteiger partial charge < -0.3 is 5.32 Å². The van der Waals surface area contributed by atoms with Crippen LogP contribution in [-0.2, 0) is 17.8 Å². The Morgan fingerprint density at radius 3 is 3.00 bits per heavy atom. The number of benzene rings is 1. The highest BCUT2D eigenvalue weighted by molar-refractivity contribution is 5.78. The normalized spacial score (nSPS) is 10.6. The van der Waals surface area contributed by atoms with Crippen molar-refractivity contribution in [3.05, 3.63) is 41.2 Å². The zero-order chi connectivity index (χ0) is 15.4. The summed E-state index contributed by atoms with van der Waals surface area (Å²) in [5.74, 6) is 0.362. The van der Waals surface area contributed by atoms with Crippen LogP contribution >= 0.6 is 0 Å². The molecule has 0 bridgehead atoms. The van der Waals surface area contributed by atoms with Gasteiger partial charge in [0, 0.05) is 12.1 Å². The molecule has 2 aromatic heterocycles. The summed E-state index contributed by atoms with van der Waals surface area (Å²) in [6, 6.07) is 7.56. The molecule has 9 nitrogen and oxygen atoms in total. The second kappa shape index (κ2) is 6.12. The monoisotopic (exact) mass is 299 g/mol. The first-order valence-electron chi connectivity index (χ1n) is 6.60. The van der Waals surface area contributed by atoms with E-state index in [1.807, 2.05) is 24.3 Å². The maximum absolute atomic E-state index is 11.9. The molecule has 0 aliphatic heterocycles. The van der Waals surface area contributed by atoms with Crippen molar-refractivity contribution in [3.63, 3.8) is 0 Å². The number of carbonyl (C=O) groups is 1. The lowest BCUT2D eigenvalue weighted by Gasteiger charge is -2.05. The molecule has 0 radical (unpaired) electrons. The number of aryl methyl sites for hydroxylation is 1. The van der Waals surface area contributed by atoms with Crippen LogP contribution in [0, 0.1) is 6.92 Å². The molecule has 2 N–H and O–H groups in total. The van der Waals surface area contributed by atoms with Crippen molar-refractivity contribution >= 4 is 5.91 Å². The number of H-pyrrole nitrogens is 1. The second-order valence-electron chi connectivity index (χ2n) is 4.69. The number of hydrogen-bond acceptors (Lipinski definition) is 7. The van der Waals surface area contributed by atoms with Crippen LogP contribution in [-0.4, -0.2) is 36.8 Å². The third kappa shape index (κ3) is 3.14. The number of amides is 1. The summed E-state index contributed by atoms with van der Waals surface area (Å²) in [7, 11) is 0.